The number of hydrogen-bond acceptors (Lipinski definition) is 3. The summed E-state index contributed by atoms with van der Waals surface area (Å²) in [6.07, 6.45) is 3.71. The van der Waals surface area contributed by atoms with Gasteiger partial charge in [0.05, 0.1) is 19.3 Å². The molecule has 0 fully saturated rings. The predicted molar refractivity (Wildman–Crippen MR) is 74.6 cm³/mol. The van der Waals surface area contributed by atoms with Crippen LogP contribution in [0, 0.1) is 0 Å². The first kappa shape index (κ1) is 12.3. The van der Waals surface area contributed by atoms with Gasteiger partial charge < -0.3 is 10.1 Å². The van der Waals surface area contributed by atoms with Gasteiger partial charge in [-0.15, -0.1) is 0 Å². The molecular formula is C16H18N2O. The van der Waals surface area contributed by atoms with Crippen LogP contribution in [0.3, 0.4) is 0 Å². The van der Waals surface area contributed by atoms with E-state index in [4.69, 9.17) is 4.74 Å². The third-order valence-corrected chi connectivity index (χ3v) is 3.61. The highest BCUT2D eigenvalue weighted by Crippen LogP contribution is 2.26. The van der Waals surface area contributed by atoms with Crippen molar-refractivity contribution in [3.63, 3.8) is 0 Å². The summed E-state index contributed by atoms with van der Waals surface area (Å²) >= 11 is 0. The van der Waals surface area contributed by atoms with E-state index in [1.165, 1.54) is 16.7 Å². The first-order chi connectivity index (χ1) is 9.34. The summed E-state index contributed by atoms with van der Waals surface area (Å²) < 4.78 is 5.67. The minimum Gasteiger partial charge on any atom is -0.375 e. The van der Waals surface area contributed by atoms with E-state index in [-0.39, 0.29) is 12.1 Å². The van der Waals surface area contributed by atoms with Crippen LogP contribution in [0.4, 0.5) is 0 Å². The molecule has 2 unspecified atom stereocenters. The molecule has 19 heavy (non-hydrogen) atoms. The fraction of sp³-hybridized carbons (Fsp3) is 0.312. The minimum atomic E-state index is 0.250. The number of rotatable bonds is 3. The molecule has 2 heterocycles. The molecule has 0 saturated heterocycles. The third-order valence-electron chi connectivity index (χ3n) is 3.61. The molecule has 1 aliphatic heterocycles. The molecule has 3 nitrogen and oxygen atoms in total. The topological polar surface area (TPSA) is 34.1 Å². The van der Waals surface area contributed by atoms with Gasteiger partial charge in [0, 0.05) is 18.4 Å². The highest BCUT2D eigenvalue weighted by molar-refractivity contribution is 5.31. The average molecular weight is 254 g/mol. The molecule has 0 bridgehead atoms. The number of pyridine rings is 1. The summed E-state index contributed by atoms with van der Waals surface area (Å²) in [5.41, 5.74) is 3.83. The zero-order chi connectivity index (χ0) is 13.1. The summed E-state index contributed by atoms with van der Waals surface area (Å²) in [4.78, 5) is 4.17. The lowest BCUT2D eigenvalue weighted by Crippen LogP contribution is -2.31. The van der Waals surface area contributed by atoms with Gasteiger partial charge in [-0.3, -0.25) is 4.98 Å². The van der Waals surface area contributed by atoms with Crippen molar-refractivity contribution in [2.24, 2.45) is 0 Å². The van der Waals surface area contributed by atoms with Crippen molar-refractivity contribution in [1.29, 1.82) is 0 Å². The Balaban J connectivity index is 1.78. The Morgan fingerprint density at radius 2 is 2.16 bits per heavy atom. The first-order valence-electron chi connectivity index (χ1n) is 6.66. The predicted octanol–water partition coefficient (Wildman–Crippen LogP) is 3.00. The van der Waals surface area contributed by atoms with Crippen molar-refractivity contribution in [3.8, 4) is 0 Å². The molecule has 3 rings (SSSR count). The van der Waals surface area contributed by atoms with E-state index in [0.717, 1.165) is 13.2 Å². The van der Waals surface area contributed by atoms with E-state index in [1.807, 2.05) is 12.3 Å². The normalized spacial score (nSPS) is 19.7. The molecule has 2 atom stereocenters. The van der Waals surface area contributed by atoms with Gasteiger partial charge >= 0.3 is 0 Å². The SMILES string of the molecule is CC(NC1COCc2ccccc21)c1cccnc1. The van der Waals surface area contributed by atoms with Gasteiger partial charge in [0.25, 0.3) is 0 Å². The molecule has 0 amide bonds. The molecule has 1 N–H and O–H groups in total. The zero-order valence-electron chi connectivity index (χ0n) is 11.0. The lowest BCUT2D eigenvalue weighted by molar-refractivity contribution is 0.0791. The van der Waals surface area contributed by atoms with E-state index in [9.17, 15) is 0 Å². The van der Waals surface area contributed by atoms with Gasteiger partial charge in [-0.25, -0.2) is 0 Å². The van der Waals surface area contributed by atoms with Gasteiger partial charge in [0.2, 0.25) is 0 Å². The molecule has 2 aromatic rings. The number of hydrogen-bond donors (Lipinski definition) is 1. The maximum atomic E-state index is 5.67. The van der Waals surface area contributed by atoms with Crippen molar-refractivity contribution in [1.82, 2.24) is 10.3 Å². The molecular weight excluding hydrogens is 236 g/mol. The Hall–Kier alpha value is -1.71. The molecule has 98 valence electrons. The summed E-state index contributed by atoms with van der Waals surface area (Å²) in [6.45, 7) is 3.60. The number of ether oxygens (including phenoxy) is 1. The molecule has 1 aliphatic rings. The maximum absolute atomic E-state index is 5.67. The van der Waals surface area contributed by atoms with Gasteiger partial charge in [-0.05, 0) is 29.7 Å². The van der Waals surface area contributed by atoms with Crippen molar-refractivity contribution in [2.75, 3.05) is 6.61 Å². The molecule has 1 aromatic heterocycles. The monoisotopic (exact) mass is 254 g/mol. The summed E-state index contributed by atoms with van der Waals surface area (Å²) in [6, 6.07) is 13.1. The van der Waals surface area contributed by atoms with Crippen LogP contribution in [-0.4, -0.2) is 11.6 Å². The quantitative estimate of drug-likeness (QED) is 0.914. The van der Waals surface area contributed by atoms with E-state index in [2.05, 4.69) is 47.6 Å². The lowest BCUT2D eigenvalue weighted by atomic mass is 9.98. The number of nitrogens with zero attached hydrogens (tertiary/aromatic N) is 1. The van der Waals surface area contributed by atoms with Crippen LogP contribution in [0.25, 0.3) is 0 Å². The van der Waals surface area contributed by atoms with Crippen LogP contribution in [0.2, 0.25) is 0 Å². The second-order valence-corrected chi connectivity index (χ2v) is 4.94. The average Bonchev–Trinajstić information content (AvgIpc) is 2.48. The summed E-state index contributed by atoms with van der Waals surface area (Å²) in [5, 5.41) is 3.63. The highest BCUT2D eigenvalue weighted by atomic mass is 16.5. The van der Waals surface area contributed by atoms with Gasteiger partial charge in [0.15, 0.2) is 0 Å². The van der Waals surface area contributed by atoms with E-state index < -0.39 is 0 Å². The van der Waals surface area contributed by atoms with Crippen LogP contribution >= 0.6 is 0 Å². The van der Waals surface area contributed by atoms with Crippen LogP contribution < -0.4 is 5.32 Å². The maximum Gasteiger partial charge on any atom is 0.0721 e. The van der Waals surface area contributed by atoms with Gasteiger partial charge in [-0.1, -0.05) is 30.3 Å². The third kappa shape index (κ3) is 2.67. The second-order valence-electron chi connectivity index (χ2n) is 4.94. The Morgan fingerprint density at radius 3 is 3.00 bits per heavy atom. The van der Waals surface area contributed by atoms with Crippen molar-refractivity contribution >= 4 is 0 Å². The van der Waals surface area contributed by atoms with Crippen LogP contribution in [0.5, 0.6) is 0 Å². The molecule has 0 saturated carbocycles. The molecule has 0 aliphatic carbocycles. The molecule has 0 spiro atoms. The largest absolute Gasteiger partial charge is 0.375 e. The lowest BCUT2D eigenvalue weighted by Gasteiger charge is -2.29. The summed E-state index contributed by atoms with van der Waals surface area (Å²) in [7, 11) is 0. The Morgan fingerprint density at radius 1 is 1.26 bits per heavy atom. The smallest absolute Gasteiger partial charge is 0.0721 e. The fourth-order valence-electron chi connectivity index (χ4n) is 2.55. The van der Waals surface area contributed by atoms with E-state index >= 15 is 0 Å². The van der Waals surface area contributed by atoms with E-state index in [1.54, 1.807) is 6.20 Å². The number of fused-ring (bicyclic) bond motifs is 1. The first-order valence-corrected chi connectivity index (χ1v) is 6.66. The fourth-order valence-corrected chi connectivity index (χ4v) is 2.55. The molecule has 0 radical (unpaired) electrons. The van der Waals surface area contributed by atoms with Crippen molar-refractivity contribution < 1.29 is 4.74 Å². The molecule has 3 heteroatoms. The second kappa shape index (κ2) is 5.51. The number of nitrogens with one attached hydrogen (secondary N) is 1. The van der Waals surface area contributed by atoms with Gasteiger partial charge in [0.1, 0.15) is 0 Å². The van der Waals surface area contributed by atoms with Gasteiger partial charge in [-0.2, -0.15) is 0 Å². The molecule has 1 aromatic carbocycles. The summed E-state index contributed by atoms with van der Waals surface area (Å²) in [5.74, 6) is 0. The van der Waals surface area contributed by atoms with Crippen molar-refractivity contribution in [3.05, 3.63) is 65.5 Å². The van der Waals surface area contributed by atoms with Crippen LogP contribution in [0.15, 0.2) is 48.8 Å². The van der Waals surface area contributed by atoms with Crippen LogP contribution in [-0.2, 0) is 11.3 Å². The van der Waals surface area contributed by atoms with Crippen LogP contribution in [0.1, 0.15) is 35.7 Å². The van der Waals surface area contributed by atoms with E-state index in [0.29, 0.717) is 0 Å². The highest BCUT2D eigenvalue weighted by Gasteiger charge is 2.21. The van der Waals surface area contributed by atoms with Crippen molar-refractivity contribution in [2.45, 2.75) is 25.6 Å². The number of benzene rings is 1. The Kier molecular flexibility index (Phi) is 3.58. The Labute approximate surface area is 113 Å². The Bertz CT molecular complexity index is 541. The zero-order valence-corrected chi connectivity index (χ0v) is 11.0. The minimum absolute atomic E-state index is 0.250. The number of aromatic nitrogens is 1. The standard InChI is InChI=1S/C16H18N2O/c1-12(13-6-4-8-17-9-13)18-16-11-19-10-14-5-2-3-7-15(14)16/h2-9,12,16,18H,10-11H2,1H3.